The predicted octanol–water partition coefficient (Wildman–Crippen LogP) is 2.55. The molecule has 11 nitrogen and oxygen atoms in total. The van der Waals surface area contributed by atoms with Crippen molar-refractivity contribution in [2.45, 2.75) is 23.5 Å². The van der Waals surface area contributed by atoms with Crippen molar-refractivity contribution in [1.29, 1.82) is 0 Å². The zero-order chi connectivity index (χ0) is 28.3. The first-order valence-corrected chi connectivity index (χ1v) is 14.1. The summed E-state index contributed by atoms with van der Waals surface area (Å²) in [6, 6.07) is 6.84. The Balaban J connectivity index is 1.70. The van der Waals surface area contributed by atoms with E-state index in [9.17, 15) is 32.3 Å². The van der Waals surface area contributed by atoms with Gasteiger partial charge in [0.2, 0.25) is 10.0 Å². The second kappa shape index (κ2) is 12.0. The normalized spacial score (nSPS) is 19.1. The number of urea groups is 1. The van der Waals surface area contributed by atoms with Crippen LogP contribution in [0.2, 0.25) is 10.0 Å². The molecule has 0 radical (unpaired) electrons. The fraction of sp³-hybridized carbons (Fsp3) is 0.375. The summed E-state index contributed by atoms with van der Waals surface area (Å²) in [5.41, 5.74) is 0.287. The molecular weight excluding hydrogens is 578 g/mol. The molecule has 2 atom stereocenters. The molecule has 15 heteroatoms. The molecule has 2 N–H and O–H groups in total. The van der Waals surface area contributed by atoms with E-state index in [2.05, 4.69) is 5.32 Å². The molecule has 2 aromatic rings. The van der Waals surface area contributed by atoms with Crippen molar-refractivity contribution in [3.63, 3.8) is 0 Å². The number of hydrogen-bond donors (Lipinski definition) is 2. The summed E-state index contributed by atoms with van der Waals surface area (Å²) in [6.07, 6.45) is -2.21. The highest BCUT2D eigenvalue weighted by Crippen LogP contribution is 2.31. The molecule has 2 aliphatic heterocycles. The number of hydrogen-bond acceptors (Lipinski definition) is 6. The molecular formula is C24H25Cl2FN4O7S. The van der Waals surface area contributed by atoms with Crippen LogP contribution in [0.5, 0.6) is 0 Å². The minimum atomic E-state index is -4.37. The van der Waals surface area contributed by atoms with Crippen LogP contribution in [0, 0.1) is 5.82 Å². The maximum absolute atomic E-state index is 13.7. The molecule has 0 saturated carbocycles. The molecule has 0 bridgehead atoms. The van der Waals surface area contributed by atoms with Crippen LogP contribution in [0.1, 0.15) is 18.0 Å². The lowest BCUT2D eigenvalue weighted by molar-refractivity contribution is -0.138. The average Bonchev–Trinajstić information content (AvgIpc) is 3.36. The SMILES string of the molecule is O=C(O)CC(NC(=O)C1N(C(=O)N2CCOCC2)CCN1S(=O)(=O)c1ccc(Cl)c(Cl)c1)c1ccc(F)cc1. The van der Waals surface area contributed by atoms with E-state index in [0.29, 0.717) is 0 Å². The lowest BCUT2D eigenvalue weighted by atomic mass is 10.0. The quantitative estimate of drug-likeness (QED) is 0.497. The third kappa shape index (κ3) is 6.44. The standard InChI is InChI=1S/C24H25Cl2FN4O7S/c25-18-6-5-17(13-19(18)26)39(36,37)31-8-7-30(24(35)29-9-11-38-12-10-29)23(31)22(34)28-20(14-21(32)33)15-1-3-16(27)4-2-15/h1-6,13,20,23H,7-12,14H2,(H,28,34)(H,32,33). The topological polar surface area (TPSA) is 137 Å². The molecule has 2 fully saturated rings. The third-order valence-corrected chi connectivity index (χ3v) is 8.94. The molecule has 210 valence electrons. The van der Waals surface area contributed by atoms with Gasteiger partial charge < -0.3 is 20.1 Å². The van der Waals surface area contributed by atoms with E-state index in [-0.39, 0.29) is 59.9 Å². The van der Waals surface area contributed by atoms with Gasteiger partial charge in [-0.15, -0.1) is 0 Å². The van der Waals surface area contributed by atoms with Crippen molar-refractivity contribution in [2.75, 3.05) is 39.4 Å². The van der Waals surface area contributed by atoms with Gasteiger partial charge in [0, 0.05) is 26.2 Å². The van der Waals surface area contributed by atoms with Crippen LogP contribution >= 0.6 is 23.2 Å². The predicted molar refractivity (Wildman–Crippen MR) is 138 cm³/mol. The molecule has 0 aromatic heterocycles. The largest absolute Gasteiger partial charge is 0.481 e. The zero-order valence-corrected chi connectivity index (χ0v) is 22.8. The first-order valence-electron chi connectivity index (χ1n) is 11.9. The summed E-state index contributed by atoms with van der Waals surface area (Å²) in [7, 11) is -4.37. The Bertz CT molecular complexity index is 1360. The van der Waals surface area contributed by atoms with Crippen LogP contribution in [0.15, 0.2) is 47.4 Å². The Morgan fingerprint density at radius 1 is 1.03 bits per heavy atom. The average molecular weight is 603 g/mol. The van der Waals surface area contributed by atoms with E-state index < -0.39 is 52.4 Å². The number of morpholine rings is 1. The van der Waals surface area contributed by atoms with Gasteiger partial charge >= 0.3 is 12.0 Å². The molecule has 2 aliphatic rings. The number of halogens is 3. The Labute approximate surface area is 234 Å². The maximum Gasteiger partial charge on any atom is 0.321 e. The lowest BCUT2D eigenvalue weighted by Crippen LogP contribution is -2.57. The number of benzene rings is 2. The fourth-order valence-electron chi connectivity index (χ4n) is 4.41. The van der Waals surface area contributed by atoms with Gasteiger partial charge in [-0.3, -0.25) is 14.5 Å². The van der Waals surface area contributed by atoms with Gasteiger partial charge in [-0.05, 0) is 35.9 Å². The number of carbonyl (C=O) groups is 3. The van der Waals surface area contributed by atoms with Crippen LogP contribution in [-0.4, -0.2) is 91.1 Å². The summed E-state index contributed by atoms with van der Waals surface area (Å²) in [4.78, 5) is 41.0. The van der Waals surface area contributed by atoms with Crippen molar-refractivity contribution in [1.82, 2.24) is 19.4 Å². The van der Waals surface area contributed by atoms with Gasteiger partial charge in [-0.1, -0.05) is 35.3 Å². The smallest absolute Gasteiger partial charge is 0.321 e. The van der Waals surface area contributed by atoms with Gasteiger partial charge in [0.05, 0.1) is 40.6 Å². The van der Waals surface area contributed by atoms with Crippen molar-refractivity contribution in [3.05, 3.63) is 63.9 Å². The molecule has 39 heavy (non-hydrogen) atoms. The number of nitrogens with zero attached hydrogens (tertiary/aromatic N) is 3. The minimum Gasteiger partial charge on any atom is -0.481 e. The number of nitrogens with one attached hydrogen (secondary N) is 1. The van der Waals surface area contributed by atoms with Crippen LogP contribution in [0.3, 0.4) is 0 Å². The first kappa shape index (κ1) is 29.0. The summed E-state index contributed by atoms with van der Waals surface area (Å²) in [6.45, 7) is 0.757. The van der Waals surface area contributed by atoms with Crippen LogP contribution in [-0.2, 0) is 24.3 Å². The highest BCUT2D eigenvalue weighted by Gasteiger charge is 2.48. The second-order valence-electron chi connectivity index (χ2n) is 8.85. The van der Waals surface area contributed by atoms with Crippen LogP contribution in [0.25, 0.3) is 0 Å². The summed E-state index contributed by atoms with van der Waals surface area (Å²) < 4.78 is 47.0. The molecule has 4 rings (SSSR count). The van der Waals surface area contributed by atoms with Crippen LogP contribution < -0.4 is 5.32 Å². The summed E-state index contributed by atoms with van der Waals surface area (Å²) in [5.74, 6) is -2.73. The molecule has 2 aromatic carbocycles. The number of ether oxygens (including phenoxy) is 1. The van der Waals surface area contributed by atoms with E-state index in [4.69, 9.17) is 27.9 Å². The minimum absolute atomic E-state index is 0.0166. The van der Waals surface area contributed by atoms with Gasteiger partial charge in [0.25, 0.3) is 5.91 Å². The number of sulfonamides is 1. The number of carbonyl (C=O) groups excluding carboxylic acids is 2. The maximum atomic E-state index is 13.7. The lowest BCUT2D eigenvalue weighted by Gasteiger charge is -2.35. The highest BCUT2D eigenvalue weighted by molar-refractivity contribution is 7.89. The molecule has 0 aliphatic carbocycles. The number of amides is 3. The molecule has 2 heterocycles. The van der Waals surface area contributed by atoms with E-state index in [0.717, 1.165) is 27.4 Å². The van der Waals surface area contributed by atoms with Crippen molar-refractivity contribution in [3.8, 4) is 0 Å². The monoisotopic (exact) mass is 602 g/mol. The van der Waals surface area contributed by atoms with Gasteiger partial charge in [0.15, 0.2) is 6.17 Å². The van der Waals surface area contributed by atoms with E-state index in [1.165, 1.54) is 29.2 Å². The van der Waals surface area contributed by atoms with E-state index >= 15 is 0 Å². The van der Waals surface area contributed by atoms with Crippen LogP contribution in [0.4, 0.5) is 9.18 Å². The van der Waals surface area contributed by atoms with Gasteiger partial charge in [-0.2, -0.15) is 4.31 Å². The van der Waals surface area contributed by atoms with Crippen molar-refractivity contribution >= 4 is 51.1 Å². The summed E-state index contributed by atoms with van der Waals surface area (Å²) in [5, 5.41) is 12.1. The molecule has 2 unspecified atom stereocenters. The Hall–Kier alpha value is -2.97. The number of carboxylic acids is 1. The van der Waals surface area contributed by atoms with Crippen molar-refractivity contribution < 1.29 is 37.0 Å². The Kier molecular flexibility index (Phi) is 8.96. The molecule has 2 saturated heterocycles. The fourth-order valence-corrected chi connectivity index (χ4v) is 6.34. The first-order chi connectivity index (χ1) is 18.5. The molecule has 0 spiro atoms. The number of rotatable bonds is 7. The van der Waals surface area contributed by atoms with Crippen molar-refractivity contribution in [2.24, 2.45) is 0 Å². The number of aliphatic carboxylic acids is 1. The third-order valence-electron chi connectivity index (χ3n) is 6.36. The van der Waals surface area contributed by atoms with Gasteiger partial charge in [0.1, 0.15) is 5.82 Å². The Morgan fingerprint density at radius 3 is 2.31 bits per heavy atom. The van der Waals surface area contributed by atoms with Gasteiger partial charge in [-0.25, -0.2) is 17.6 Å². The zero-order valence-electron chi connectivity index (χ0n) is 20.4. The van der Waals surface area contributed by atoms with E-state index in [1.807, 2.05) is 0 Å². The Morgan fingerprint density at radius 2 is 1.69 bits per heavy atom. The highest BCUT2D eigenvalue weighted by atomic mass is 35.5. The second-order valence-corrected chi connectivity index (χ2v) is 11.6. The van der Waals surface area contributed by atoms with E-state index in [1.54, 1.807) is 0 Å². The number of carboxylic acid groups (broad SMARTS) is 1. The summed E-state index contributed by atoms with van der Waals surface area (Å²) >= 11 is 12.0. The molecule has 3 amide bonds.